The van der Waals surface area contributed by atoms with Crippen molar-refractivity contribution in [1.82, 2.24) is 4.98 Å². The molecule has 0 aliphatic heterocycles. The van der Waals surface area contributed by atoms with Crippen LogP contribution in [0.1, 0.15) is 27.2 Å². The summed E-state index contributed by atoms with van der Waals surface area (Å²) in [6.45, 7) is 1.77. The molecule has 102 valence electrons. The molecule has 0 aliphatic carbocycles. The SMILES string of the molecule is Cc1cc(Cl)c(C(=O)Nc2ccc(C#N)c(C#N)c2)cn1. The van der Waals surface area contributed by atoms with Gasteiger partial charge in [0.15, 0.2) is 0 Å². The summed E-state index contributed by atoms with van der Waals surface area (Å²) in [4.78, 5) is 16.1. The van der Waals surface area contributed by atoms with Crippen LogP contribution in [-0.4, -0.2) is 10.9 Å². The second kappa shape index (κ2) is 6.04. The van der Waals surface area contributed by atoms with Gasteiger partial charge in [-0.25, -0.2) is 0 Å². The molecule has 1 heterocycles. The largest absolute Gasteiger partial charge is 0.322 e. The van der Waals surface area contributed by atoms with E-state index in [9.17, 15) is 4.79 Å². The number of halogens is 1. The number of anilines is 1. The highest BCUT2D eigenvalue weighted by atomic mass is 35.5. The van der Waals surface area contributed by atoms with Crippen molar-refractivity contribution in [2.45, 2.75) is 6.92 Å². The number of nitriles is 2. The minimum Gasteiger partial charge on any atom is -0.322 e. The van der Waals surface area contributed by atoms with Crippen LogP contribution < -0.4 is 5.32 Å². The monoisotopic (exact) mass is 296 g/mol. The number of pyridine rings is 1. The predicted molar refractivity (Wildman–Crippen MR) is 77.8 cm³/mol. The average Bonchev–Trinajstić information content (AvgIpc) is 2.46. The van der Waals surface area contributed by atoms with E-state index in [0.717, 1.165) is 0 Å². The van der Waals surface area contributed by atoms with Crippen LogP contribution in [0.2, 0.25) is 5.02 Å². The van der Waals surface area contributed by atoms with Crippen LogP contribution >= 0.6 is 11.6 Å². The van der Waals surface area contributed by atoms with Gasteiger partial charge in [0.2, 0.25) is 0 Å². The first kappa shape index (κ1) is 14.5. The number of rotatable bonds is 2. The molecule has 0 saturated heterocycles. The van der Waals surface area contributed by atoms with Gasteiger partial charge < -0.3 is 5.32 Å². The first-order chi connectivity index (χ1) is 10.0. The van der Waals surface area contributed by atoms with Crippen LogP contribution in [0, 0.1) is 29.6 Å². The zero-order chi connectivity index (χ0) is 15.4. The Morgan fingerprint density at radius 2 is 1.95 bits per heavy atom. The summed E-state index contributed by atoms with van der Waals surface area (Å²) in [7, 11) is 0. The number of aryl methyl sites for hydroxylation is 1. The van der Waals surface area contributed by atoms with Crippen LogP contribution in [0.15, 0.2) is 30.5 Å². The quantitative estimate of drug-likeness (QED) is 0.922. The topological polar surface area (TPSA) is 89.6 Å². The highest BCUT2D eigenvalue weighted by Gasteiger charge is 2.12. The van der Waals surface area contributed by atoms with Crippen molar-refractivity contribution in [3.63, 3.8) is 0 Å². The second-order valence-electron chi connectivity index (χ2n) is 4.24. The number of carbonyl (C=O) groups is 1. The van der Waals surface area contributed by atoms with Crippen LogP contribution in [0.25, 0.3) is 0 Å². The molecule has 21 heavy (non-hydrogen) atoms. The van der Waals surface area contributed by atoms with Gasteiger partial charge in [-0.15, -0.1) is 0 Å². The lowest BCUT2D eigenvalue weighted by Crippen LogP contribution is -2.13. The number of nitrogens with zero attached hydrogens (tertiary/aromatic N) is 3. The van der Waals surface area contributed by atoms with Crippen molar-refractivity contribution in [2.24, 2.45) is 0 Å². The van der Waals surface area contributed by atoms with E-state index in [1.54, 1.807) is 19.1 Å². The molecule has 0 bridgehead atoms. The van der Waals surface area contributed by atoms with E-state index < -0.39 is 5.91 Å². The lowest BCUT2D eigenvalue weighted by Gasteiger charge is -2.07. The van der Waals surface area contributed by atoms with Crippen molar-refractivity contribution in [3.8, 4) is 12.1 Å². The minimum absolute atomic E-state index is 0.198. The number of hydrogen-bond acceptors (Lipinski definition) is 4. The Kier molecular flexibility index (Phi) is 4.18. The summed E-state index contributed by atoms with van der Waals surface area (Å²) in [6, 6.07) is 9.87. The third-order valence-corrected chi connectivity index (χ3v) is 3.07. The maximum atomic E-state index is 12.1. The van der Waals surface area contributed by atoms with Gasteiger partial charge in [0, 0.05) is 17.6 Å². The number of carbonyl (C=O) groups excluding carboxylic acids is 1. The molecule has 6 heteroatoms. The van der Waals surface area contributed by atoms with E-state index in [1.165, 1.54) is 18.3 Å². The molecule has 0 radical (unpaired) electrons. The Labute approximate surface area is 126 Å². The van der Waals surface area contributed by atoms with Crippen molar-refractivity contribution >= 4 is 23.2 Å². The fourth-order valence-electron chi connectivity index (χ4n) is 1.70. The maximum absolute atomic E-state index is 12.1. The standard InChI is InChI=1S/C15H9ClN4O/c1-9-4-14(16)13(8-19-9)15(21)20-12-3-2-10(6-17)11(5-12)7-18/h2-5,8H,1H3,(H,20,21). The van der Waals surface area contributed by atoms with Gasteiger partial charge in [0.25, 0.3) is 5.91 Å². The molecule has 5 nitrogen and oxygen atoms in total. The van der Waals surface area contributed by atoms with Crippen LogP contribution in [0.3, 0.4) is 0 Å². The van der Waals surface area contributed by atoms with E-state index in [-0.39, 0.29) is 16.7 Å². The molecular formula is C15H9ClN4O. The predicted octanol–water partition coefficient (Wildman–Crippen LogP) is 3.04. The van der Waals surface area contributed by atoms with Crippen LogP contribution in [0.5, 0.6) is 0 Å². The summed E-state index contributed by atoms with van der Waals surface area (Å²) in [6.07, 6.45) is 1.39. The number of nitrogens with one attached hydrogen (secondary N) is 1. The summed E-state index contributed by atoms with van der Waals surface area (Å²) >= 11 is 6.00. The first-order valence-corrected chi connectivity index (χ1v) is 6.30. The lowest BCUT2D eigenvalue weighted by molar-refractivity contribution is 0.102. The van der Waals surface area contributed by atoms with Crippen LogP contribution in [-0.2, 0) is 0 Å². The highest BCUT2D eigenvalue weighted by Crippen LogP contribution is 2.19. The fraction of sp³-hybridized carbons (Fsp3) is 0.0667. The molecule has 1 aromatic carbocycles. The summed E-state index contributed by atoms with van der Waals surface area (Å²) in [5.74, 6) is -0.430. The lowest BCUT2D eigenvalue weighted by atomic mass is 10.1. The van der Waals surface area contributed by atoms with Crippen molar-refractivity contribution in [1.29, 1.82) is 10.5 Å². The number of hydrogen-bond donors (Lipinski definition) is 1. The zero-order valence-electron chi connectivity index (χ0n) is 11.0. The molecule has 0 spiro atoms. The molecular weight excluding hydrogens is 288 g/mol. The molecule has 0 saturated carbocycles. The van der Waals surface area contributed by atoms with Gasteiger partial charge in [-0.2, -0.15) is 10.5 Å². The Balaban J connectivity index is 2.28. The first-order valence-electron chi connectivity index (χ1n) is 5.93. The Morgan fingerprint density at radius 3 is 2.57 bits per heavy atom. The molecule has 1 N–H and O–H groups in total. The molecule has 0 fully saturated rings. The third kappa shape index (κ3) is 3.17. The van der Waals surface area contributed by atoms with Gasteiger partial charge in [-0.05, 0) is 31.2 Å². The number of benzene rings is 1. The van der Waals surface area contributed by atoms with E-state index in [2.05, 4.69) is 10.3 Å². The normalized spacial score (nSPS) is 9.52. The molecule has 1 amide bonds. The maximum Gasteiger partial charge on any atom is 0.258 e. The van der Waals surface area contributed by atoms with E-state index in [4.69, 9.17) is 22.1 Å². The number of aromatic nitrogens is 1. The van der Waals surface area contributed by atoms with Crippen molar-refractivity contribution in [3.05, 3.63) is 57.9 Å². The van der Waals surface area contributed by atoms with E-state index >= 15 is 0 Å². The minimum atomic E-state index is -0.430. The molecule has 0 atom stereocenters. The summed E-state index contributed by atoms with van der Waals surface area (Å²) in [5.41, 5.74) is 1.81. The fourth-order valence-corrected chi connectivity index (χ4v) is 2.00. The Bertz CT molecular complexity index is 802. The smallest absolute Gasteiger partial charge is 0.258 e. The van der Waals surface area contributed by atoms with Gasteiger partial charge in [0.05, 0.1) is 21.7 Å². The number of amides is 1. The van der Waals surface area contributed by atoms with Gasteiger partial charge in [-0.3, -0.25) is 9.78 Å². The molecule has 2 aromatic rings. The van der Waals surface area contributed by atoms with Gasteiger partial charge in [0.1, 0.15) is 12.1 Å². The van der Waals surface area contributed by atoms with Gasteiger partial charge in [-0.1, -0.05) is 11.6 Å². The van der Waals surface area contributed by atoms with Gasteiger partial charge >= 0.3 is 0 Å². The zero-order valence-corrected chi connectivity index (χ0v) is 11.8. The van der Waals surface area contributed by atoms with E-state index in [1.807, 2.05) is 12.1 Å². The van der Waals surface area contributed by atoms with E-state index in [0.29, 0.717) is 16.4 Å². The van der Waals surface area contributed by atoms with Crippen LogP contribution in [0.4, 0.5) is 5.69 Å². The Morgan fingerprint density at radius 1 is 1.24 bits per heavy atom. The summed E-state index contributed by atoms with van der Waals surface area (Å²) < 4.78 is 0. The average molecular weight is 297 g/mol. The molecule has 2 rings (SSSR count). The summed E-state index contributed by atoms with van der Waals surface area (Å²) in [5, 5.41) is 20.7. The molecule has 1 aromatic heterocycles. The van der Waals surface area contributed by atoms with Crippen molar-refractivity contribution < 1.29 is 4.79 Å². The third-order valence-electron chi connectivity index (χ3n) is 2.75. The van der Waals surface area contributed by atoms with Crippen molar-refractivity contribution in [2.75, 3.05) is 5.32 Å². The molecule has 0 unspecified atom stereocenters. The Hall–Kier alpha value is -2.89. The molecule has 0 aliphatic rings. The second-order valence-corrected chi connectivity index (χ2v) is 4.65. The highest BCUT2D eigenvalue weighted by molar-refractivity contribution is 6.34.